The third-order valence-electron chi connectivity index (χ3n) is 5.63. The SMILES string of the molecule is COc1ccc(S(=O)(=O)N2CCN(C(=O)NCCC3=CCCCC3)CC2)cc1OC. The van der Waals surface area contributed by atoms with E-state index in [1.165, 1.54) is 49.1 Å². The number of urea groups is 1. The van der Waals surface area contributed by atoms with Crippen molar-refractivity contribution in [1.29, 1.82) is 0 Å². The number of piperazine rings is 1. The third-order valence-corrected chi connectivity index (χ3v) is 7.52. The zero-order chi connectivity index (χ0) is 21.6. The molecule has 0 spiro atoms. The van der Waals surface area contributed by atoms with Gasteiger partial charge in [-0.05, 0) is 44.2 Å². The van der Waals surface area contributed by atoms with Crippen LogP contribution < -0.4 is 14.8 Å². The summed E-state index contributed by atoms with van der Waals surface area (Å²) in [7, 11) is -0.697. The van der Waals surface area contributed by atoms with E-state index >= 15 is 0 Å². The molecule has 0 atom stereocenters. The van der Waals surface area contributed by atoms with Crippen LogP contribution in [0.3, 0.4) is 0 Å². The Bertz CT molecular complexity index is 877. The molecule has 0 bridgehead atoms. The molecule has 1 fully saturated rings. The van der Waals surface area contributed by atoms with Gasteiger partial charge in [0.15, 0.2) is 11.5 Å². The molecule has 1 aliphatic carbocycles. The van der Waals surface area contributed by atoms with Crippen molar-refractivity contribution in [1.82, 2.24) is 14.5 Å². The van der Waals surface area contributed by atoms with Crippen LogP contribution in [0.15, 0.2) is 34.7 Å². The fourth-order valence-electron chi connectivity index (χ4n) is 3.83. The Hall–Kier alpha value is -2.26. The van der Waals surface area contributed by atoms with Crippen molar-refractivity contribution in [3.05, 3.63) is 29.8 Å². The predicted octanol–water partition coefficient (Wildman–Crippen LogP) is 2.61. The highest BCUT2D eigenvalue weighted by Crippen LogP contribution is 2.30. The number of allylic oxidation sites excluding steroid dienone is 1. The topological polar surface area (TPSA) is 88.2 Å². The molecule has 30 heavy (non-hydrogen) atoms. The summed E-state index contributed by atoms with van der Waals surface area (Å²) in [6, 6.07) is 4.43. The lowest BCUT2D eigenvalue weighted by Crippen LogP contribution is -2.53. The van der Waals surface area contributed by atoms with Crippen molar-refractivity contribution in [2.45, 2.75) is 37.0 Å². The molecule has 0 saturated carbocycles. The summed E-state index contributed by atoms with van der Waals surface area (Å²) in [4.78, 5) is 14.2. The van der Waals surface area contributed by atoms with E-state index in [-0.39, 0.29) is 24.0 Å². The van der Waals surface area contributed by atoms with Gasteiger partial charge in [0.2, 0.25) is 10.0 Å². The van der Waals surface area contributed by atoms with E-state index in [1.807, 2.05) is 0 Å². The van der Waals surface area contributed by atoms with E-state index in [1.54, 1.807) is 11.0 Å². The maximum absolute atomic E-state index is 13.0. The third kappa shape index (κ3) is 5.26. The van der Waals surface area contributed by atoms with Crippen LogP contribution in [-0.4, -0.2) is 70.6 Å². The number of ether oxygens (including phenoxy) is 2. The first kappa shape index (κ1) is 22.4. The fourth-order valence-corrected chi connectivity index (χ4v) is 5.27. The second-order valence-corrected chi connectivity index (χ2v) is 9.44. The van der Waals surface area contributed by atoms with Gasteiger partial charge in [-0.3, -0.25) is 0 Å². The van der Waals surface area contributed by atoms with Crippen LogP contribution in [0.25, 0.3) is 0 Å². The monoisotopic (exact) mass is 437 g/mol. The van der Waals surface area contributed by atoms with Crippen molar-refractivity contribution in [3.8, 4) is 11.5 Å². The molecular weight excluding hydrogens is 406 g/mol. The number of benzene rings is 1. The van der Waals surface area contributed by atoms with Crippen LogP contribution in [0.5, 0.6) is 11.5 Å². The first-order valence-electron chi connectivity index (χ1n) is 10.4. The Morgan fingerprint density at radius 1 is 1.07 bits per heavy atom. The summed E-state index contributed by atoms with van der Waals surface area (Å²) in [5.74, 6) is 0.839. The van der Waals surface area contributed by atoms with Crippen molar-refractivity contribution in [2.24, 2.45) is 0 Å². The zero-order valence-corrected chi connectivity index (χ0v) is 18.5. The normalized spacial score (nSPS) is 17.9. The zero-order valence-electron chi connectivity index (χ0n) is 17.7. The molecule has 2 aliphatic rings. The molecule has 0 radical (unpaired) electrons. The molecule has 9 heteroatoms. The molecule has 8 nitrogen and oxygen atoms in total. The van der Waals surface area contributed by atoms with Crippen LogP contribution in [0.1, 0.15) is 32.1 Å². The van der Waals surface area contributed by atoms with Crippen molar-refractivity contribution < 1.29 is 22.7 Å². The molecular formula is C21H31N3O5S. The van der Waals surface area contributed by atoms with Gasteiger partial charge in [0, 0.05) is 38.8 Å². The molecule has 1 aromatic carbocycles. The summed E-state index contributed by atoms with van der Waals surface area (Å²) >= 11 is 0. The first-order valence-corrected chi connectivity index (χ1v) is 11.8. The number of nitrogens with zero attached hydrogens (tertiary/aromatic N) is 2. The minimum Gasteiger partial charge on any atom is -0.493 e. The van der Waals surface area contributed by atoms with E-state index in [4.69, 9.17) is 9.47 Å². The molecule has 1 aliphatic heterocycles. The van der Waals surface area contributed by atoms with Crippen LogP contribution in [0.4, 0.5) is 4.79 Å². The average molecular weight is 438 g/mol. The number of amides is 2. The Labute approximate surface area is 178 Å². The van der Waals surface area contributed by atoms with Crippen LogP contribution in [-0.2, 0) is 10.0 Å². The summed E-state index contributed by atoms with van der Waals surface area (Å²) in [6.07, 6.45) is 7.93. The van der Waals surface area contributed by atoms with Crippen LogP contribution in [0.2, 0.25) is 0 Å². The molecule has 166 valence electrons. The number of nitrogens with one attached hydrogen (secondary N) is 1. The molecule has 1 N–H and O–H groups in total. The largest absolute Gasteiger partial charge is 0.493 e. The van der Waals surface area contributed by atoms with Gasteiger partial charge < -0.3 is 19.7 Å². The highest BCUT2D eigenvalue weighted by atomic mass is 32.2. The smallest absolute Gasteiger partial charge is 0.317 e. The van der Waals surface area contributed by atoms with E-state index in [9.17, 15) is 13.2 Å². The Balaban J connectivity index is 1.52. The van der Waals surface area contributed by atoms with Crippen molar-refractivity contribution in [2.75, 3.05) is 46.9 Å². The van der Waals surface area contributed by atoms with Gasteiger partial charge in [0.05, 0.1) is 19.1 Å². The molecule has 0 aromatic heterocycles. The van der Waals surface area contributed by atoms with Crippen LogP contribution in [0, 0.1) is 0 Å². The Morgan fingerprint density at radius 2 is 1.80 bits per heavy atom. The lowest BCUT2D eigenvalue weighted by atomic mass is 9.97. The van der Waals surface area contributed by atoms with Gasteiger partial charge in [0.25, 0.3) is 0 Å². The summed E-state index contributed by atoms with van der Waals surface area (Å²) in [5.41, 5.74) is 1.42. The average Bonchev–Trinajstić information content (AvgIpc) is 2.79. The van der Waals surface area contributed by atoms with Gasteiger partial charge in [-0.25, -0.2) is 13.2 Å². The lowest BCUT2D eigenvalue weighted by molar-refractivity contribution is 0.172. The predicted molar refractivity (Wildman–Crippen MR) is 114 cm³/mol. The van der Waals surface area contributed by atoms with Crippen molar-refractivity contribution in [3.63, 3.8) is 0 Å². The minimum atomic E-state index is -3.67. The molecule has 3 rings (SSSR count). The molecule has 1 heterocycles. The van der Waals surface area contributed by atoms with Gasteiger partial charge in [-0.15, -0.1) is 0 Å². The molecule has 1 aromatic rings. The minimum absolute atomic E-state index is 0.130. The fraction of sp³-hybridized carbons (Fsp3) is 0.571. The highest BCUT2D eigenvalue weighted by molar-refractivity contribution is 7.89. The van der Waals surface area contributed by atoms with Crippen molar-refractivity contribution >= 4 is 16.1 Å². The number of sulfonamides is 1. The first-order chi connectivity index (χ1) is 14.5. The maximum Gasteiger partial charge on any atom is 0.317 e. The number of rotatable bonds is 7. The number of carbonyl (C=O) groups is 1. The number of hydrogen-bond donors (Lipinski definition) is 1. The summed E-state index contributed by atoms with van der Waals surface area (Å²) < 4.78 is 37.8. The maximum atomic E-state index is 13.0. The summed E-state index contributed by atoms with van der Waals surface area (Å²) in [6.45, 7) is 1.86. The lowest BCUT2D eigenvalue weighted by Gasteiger charge is -2.34. The Kier molecular flexibility index (Phi) is 7.60. The Morgan fingerprint density at radius 3 is 2.43 bits per heavy atom. The standard InChI is InChI=1S/C21H31N3O5S/c1-28-19-9-8-18(16-20(19)29-2)30(26,27)24-14-12-23(13-15-24)21(25)22-11-10-17-6-4-3-5-7-17/h6,8-9,16H,3-5,7,10-15H2,1-2H3,(H,22,25). The van der Waals surface area contributed by atoms with Gasteiger partial charge >= 0.3 is 6.03 Å². The molecule has 2 amide bonds. The second-order valence-electron chi connectivity index (χ2n) is 7.50. The van der Waals surface area contributed by atoms with Gasteiger partial charge in [0.1, 0.15) is 0 Å². The quantitative estimate of drug-likeness (QED) is 0.663. The van der Waals surface area contributed by atoms with Gasteiger partial charge in [-0.1, -0.05) is 11.6 Å². The second kappa shape index (κ2) is 10.2. The van der Waals surface area contributed by atoms with E-state index in [2.05, 4.69) is 11.4 Å². The molecule has 1 saturated heterocycles. The van der Waals surface area contributed by atoms with Gasteiger partial charge in [-0.2, -0.15) is 4.31 Å². The number of methoxy groups -OCH3 is 2. The molecule has 0 unspecified atom stereocenters. The van der Waals surface area contributed by atoms with Crippen LogP contribution >= 0.6 is 0 Å². The van der Waals surface area contributed by atoms with E-state index < -0.39 is 10.0 Å². The van der Waals surface area contributed by atoms with E-state index in [0.717, 1.165) is 19.3 Å². The van der Waals surface area contributed by atoms with E-state index in [0.29, 0.717) is 31.1 Å². The number of hydrogen-bond acceptors (Lipinski definition) is 5. The summed E-state index contributed by atoms with van der Waals surface area (Å²) in [5, 5.41) is 2.96. The number of carbonyl (C=O) groups excluding carboxylic acids is 1. The highest BCUT2D eigenvalue weighted by Gasteiger charge is 2.30.